The van der Waals surface area contributed by atoms with Crippen molar-refractivity contribution in [3.63, 3.8) is 0 Å². The molecule has 1 amide bonds. The molecule has 0 aliphatic heterocycles. The molecule has 4 rings (SSSR count). The van der Waals surface area contributed by atoms with E-state index < -0.39 is 10.1 Å². The molecule has 9 heteroatoms. The number of amides is 1. The van der Waals surface area contributed by atoms with Gasteiger partial charge in [0.15, 0.2) is 11.5 Å². The zero-order valence-electron chi connectivity index (χ0n) is 19.8. The first-order chi connectivity index (χ1) is 17.4. The van der Waals surface area contributed by atoms with Gasteiger partial charge in [0.1, 0.15) is 4.90 Å². The minimum Gasteiger partial charge on any atom is -0.490 e. The van der Waals surface area contributed by atoms with Crippen LogP contribution in [-0.4, -0.2) is 31.7 Å². The summed E-state index contributed by atoms with van der Waals surface area (Å²) in [4.78, 5) is 12.8. The summed E-state index contributed by atoms with van der Waals surface area (Å²) in [5, 5.41) is 4.05. The Morgan fingerprint density at radius 1 is 0.972 bits per heavy atom. The third-order valence-electron chi connectivity index (χ3n) is 5.19. The maximum absolute atomic E-state index is 12.7. The minimum atomic E-state index is -4.04. The van der Waals surface area contributed by atoms with Crippen LogP contribution < -0.4 is 14.3 Å². The number of nitrogens with zero attached hydrogens (tertiary/aromatic N) is 2. The molecule has 184 valence electrons. The van der Waals surface area contributed by atoms with Crippen LogP contribution in [-0.2, 0) is 10.1 Å². The molecule has 0 saturated carbocycles. The van der Waals surface area contributed by atoms with E-state index >= 15 is 0 Å². The Kier molecular flexibility index (Phi) is 7.50. The van der Waals surface area contributed by atoms with Crippen LogP contribution in [0.1, 0.15) is 28.4 Å². The molecule has 0 spiro atoms. The summed E-state index contributed by atoms with van der Waals surface area (Å²) in [6.07, 6.45) is 5.15. The lowest BCUT2D eigenvalue weighted by molar-refractivity contribution is 0.0955. The fraction of sp³-hybridized carbons (Fsp3) is 0.111. The van der Waals surface area contributed by atoms with Gasteiger partial charge >= 0.3 is 10.1 Å². The molecule has 1 heterocycles. The van der Waals surface area contributed by atoms with E-state index in [4.69, 9.17) is 8.92 Å². The topological polar surface area (TPSA) is 99.0 Å². The molecule has 0 unspecified atom stereocenters. The molecule has 0 saturated heterocycles. The Labute approximate surface area is 209 Å². The van der Waals surface area contributed by atoms with E-state index in [1.807, 2.05) is 48.1 Å². The van der Waals surface area contributed by atoms with Gasteiger partial charge in [0.05, 0.1) is 24.1 Å². The SMILES string of the molecule is CCOc1cc(/C=N/NC(=O)c2ccccc2-n2cccc2)ccc1OS(=O)(=O)c1ccc(C)cc1. The first-order valence-corrected chi connectivity index (χ1v) is 12.6. The first kappa shape index (κ1) is 24.7. The quantitative estimate of drug-likeness (QED) is 0.203. The van der Waals surface area contributed by atoms with Crippen LogP contribution >= 0.6 is 0 Å². The van der Waals surface area contributed by atoms with Crippen molar-refractivity contribution in [3.05, 3.63) is 108 Å². The Hall–Kier alpha value is -4.37. The Bertz CT molecular complexity index is 1480. The molecular formula is C27H25N3O5S. The van der Waals surface area contributed by atoms with Gasteiger partial charge in [-0.25, -0.2) is 5.43 Å². The predicted molar refractivity (Wildman–Crippen MR) is 137 cm³/mol. The van der Waals surface area contributed by atoms with E-state index in [9.17, 15) is 13.2 Å². The van der Waals surface area contributed by atoms with E-state index in [-0.39, 0.29) is 22.3 Å². The smallest absolute Gasteiger partial charge is 0.339 e. The second-order valence-corrected chi connectivity index (χ2v) is 9.34. The van der Waals surface area contributed by atoms with Crippen molar-refractivity contribution in [1.29, 1.82) is 0 Å². The lowest BCUT2D eigenvalue weighted by atomic mass is 10.1. The van der Waals surface area contributed by atoms with Crippen molar-refractivity contribution in [2.24, 2.45) is 5.10 Å². The number of ether oxygens (including phenoxy) is 1. The summed E-state index contributed by atoms with van der Waals surface area (Å²) in [7, 11) is -4.04. The zero-order valence-corrected chi connectivity index (χ0v) is 20.6. The highest BCUT2D eigenvalue weighted by Crippen LogP contribution is 2.31. The molecule has 0 aliphatic rings. The summed E-state index contributed by atoms with van der Waals surface area (Å²) < 4.78 is 38.2. The van der Waals surface area contributed by atoms with Crippen LogP contribution in [0.15, 0.2) is 101 Å². The molecule has 3 aromatic carbocycles. The van der Waals surface area contributed by atoms with Crippen molar-refractivity contribution < 1.29 is 22.1 Å². The molecule has 4 aromatic rings. The number of carbonyl (C=O) groups is 1. The number of hydrazone groups is 1. The summed E-state index contributed by atoms with van der Waals surface area (Å²) in [5.74, 6) is -0.0783. The monoisotopic (exact) mass is 503 g/mol. The highest BCUT2D eigenvalue weighted by molar-refractivity contribution is 7.87. The summed E-state index contributed by atoms with van der Waals surface area (Å²) in [6, 6.07) is 22.0. The van der Waals surface area contributed by atoms with Crippen molar-refractivity contribution in [1.82, 2.24) is 9.99 Å². The van der Waals surface area contributed by atoms with Crippen LogP contribution in [0, 0.1) is 6.92 Å². The van der Waals surface area contributed by atoms with Gasteiger partial charge in [-0.15, -0.1) is 0 Å². The summed E-state index contributed by atoms with van der Waals surface area (Å²) >= 11 is 0. The predicted octanol–water partition coefficient (Wildman–Crippen LogP) is 4.72. The Morgan fingerprint density at radius 2 is 1.69 bits per heavy atom. The van der Waals surface area contributed by atoms with E-state index in [1.165, 1.54) is 24.4 Å². The number of rotatable bonds is 9. The molecule has 0 bridgehead atoms. The lowest BCUT2D eigenvalue weighted by Gasteiger charge is -2.12. The number of para-hydroxylation sites is 1. The maximum atomic E-state index is 12.7. The van der Waals surface area contributed by atoms with E-state index in [2.05, 4.69) is 10.5 Å². The van der Waals surface area contributed by atoms with Crippen LogP contribution in [0.4, 0.5) is 0 Å². The molecule has 36 heavy (non-hydrogen) atoms. The van der Waals surface area contributed by atoms with Crippen LogP contribution in [0.25, 0.3) is 5.69 Å². The highest BCUT2D eigenvalue weighted by atomic mass is 32.2. The van der Waals surface area contributed by atoms with Gasteiger partial charge in [0.25, 0.3) is 5.91 Å². The molecule has 0 aliphatic carbocycles. The fourth-order valence-corrected chi connectivity index (χ4v) is 4.36. The fourth-order valence-electron chi connectivity index (χ4n) is 3.42. The van der Waals surface area contributed by atoms with Crippen molar-refractivity contribution in [3.8, 4) is 17.2 Å². The van der Waals surface area contributed by atoms with Crippen molar-refractivity contribution >= 4 is 22.2 Å². The van der Waals surface area contributed by atoms with Gasteiger partial charge in [0.2, 0.25) is 0 Å². The molecule has 1 aromatic heterocycles. The van der Waals surface area contributed by atoms with Crippen LogP contribution in [0.5, 0.6) is 11.5 Å². The number of hydrogen-bond donors (Lipinski definition) is 1. The van der Waals surface area contributed by atoms with E-state index in [1.54, 1.807) is 43.3 Å². The average molecular weight is 504 g/mol. The van der Waals surface area contributed by atoms with Gasteiger partial charge in [-0.05, 0) is 74.0 Å². The number of aryl methyl sites for hydroxylation is 1. The lowest BCUT2D eigenvalue weighted by Crippen LogP contribution is -2.19. The van der Waals surface area contributed by atoms with Gasteiger partial charge in [-0.1, -0.05) is 29.8 Å². The number of carbonyl (C=O) groups excluding carboxylic acids is 1. The van der Waals surface area contributed by atoms with Crippen molar-refractivity contribution in [2.45, 2.75) is 18.7 Å². The van der Waals surface area contributed by atoms with Crippen LogP contribution in [0.2, 0.25) is 0 Å². The number of aromatic nitrogens is 1. The molecular weight excluding hydrogens is 478 g/mol. The van der Waals surface area contributed by atoms with Crippen LogP contribution in [0.3, 0.4) is 0 Å². The van der Waals surface area contributed by atoms with Gasteiger partial charge in [-0.3, -0.25) is 4.79 Å². The summed E-state index contributed by atoms with van der Waals surface area (Å²) in [5.41, 5.74) is 5.24. The number of nitrogens with one attached hydrogen (secondary N) is 1. The summed E-state index contributed by atoms with van der Waals surface area (Å²) in [6.45, 7) is 3.95. The zero-order chi connectivity index (χ0) is 25.5. The standard InChI is InChI=1S/C27H25N3O5S/c1-3-34-26-18-21(12-15-25(26)35-36(32,33)22-13-10-20(2)11-14-22)19-28-29-27(31)23-8-4-5-9-24(23)30-16-6-7-17-30/h4-19H,3H2,1-2H3,(H,29,31)/b28-19+. The number of hydrogen-bond acceptors (Lipinski definition) is 6. The third-order valence-corrected chi connectivity index (χ3v) is 6.44. The second kappa shape index (κ2) is 10.9. The molecule has 0 radical (unpaired) electrons. The minimum absolute atomic E-state index is 0.0455. The average Bonchev–Trinajstić information content (AvgIpc) is 3.41. The molecule has 0 atom stereocenters. The van der Waals surface area contributed by atoms with Gasteiger partial charge in [0, 0.05) is 12.4 Å². The third kappa shape index (κ3) is 5.81. The first-order valence-electron chi connectivity index (χ1n) is 11.2. The molecule has 8 nitrogen and oxygen atoms in total. The van der Waals surface area contributed by atoms with E-state index in [0.717, 1.165) is 11.3 Å². The van der Waals surface area contributed by atoms with Crippen molar-refractivity contribution in [2.75, 3.05) is 6.61 Å². The largest absolute Gasteiger partial charge is 0.490 e. The Balaban J connectivity index is 1.50. The highest BCUT2D eigenvalue weighted by Gasteiger charge is 2.19. The van der Waals surface area contributed by atoms with E-state index in [0.29, 0.717) is 17.7 Å². The second-order valence-electron chi connectivity index (χ2n) is 7.80. The van der Waals surface area contributed by atoms with Gasteiger partial charge in [-0.2, -0.15) is 13.5 Å². The molecule has 1 N–H and O–H groups in total. The van der Waals surface area contributed by atoms with Gasteiger partial charge < -0.3 is 13.5 Å². The molecule has 0 fully saturated rings. The number of benzene rings is 3. The maximum Gasteiger partial charge on any atom is 0.339 e. The normalized spacial score (nSPS) is 11.4. The Morgan fingerprint density at radius 3 is 2.42 bits per heavy atom.